The average molecular weight is 614 g/mol. The summed E-state index contributed by atoms with van der Waals surface area (Å²) in [6, 6.07) is 18.7. The van der Waals surface area contributed by atoms with E-state index in [1.807, 2.05) is 37.3 Å². The fraction of sp³-hybridized carbons (Fsp3) is 0.207. The summed E-state index contributed by atoms with van der Waals surface area (Å²) in [6.45, 7) is 2.20. The Kier molecular flexibility index (Phi) is 9.78. The van der Waals surface area contributed by atoms with Gasteiger partial charge >= 0.3 is 0 Å². The molecule has 3 amide bonds. The van der Waals surface area contributed by atoms with E-state index in [0.29, 0.717) is 51.7 Å². The molecule has 0 aromatic heterocycles. The van der Waals surface area contributed by atoms with Crippen molar-refractivity contribution in [2.24, 2.45) is 0 Å². The predicted molar refractivity (Wildman–Crippen MR) is 153 cm³/mol. The molecule has 3 aromatic carbocycles. The monoisotopic (exact) mass is 612 g/mol. The van der Waals surface area contributed by atoms with Crippen molar-refractivity contribution in [1.82, 2.24) is 4.90 Å². The highest BCUT2D eigenvalue weighted by atomic mass is 79.9. The van der Waals surface area contributed by atoms with Crippen molar-refractivity contribution in [2.75, 3.05) is 25.1 Å². The summed E-state index contributed by atoms with van der Waals surface area (Å²) < 4.78 is 25.1. The number of ether oxygens (including phenoxy) is 2. The lowest BCUT2D eigenvalue weighted by atomic mass is 10.1. The van der Waals surface area contributed by atoms with Gasteiger partial charge in [-0.05, 0) is 85.1 Å². The highest BCUT2D eigenvalue weighted by Gasteiger charge is 2.34. The largest absolute Gasteiger partial charge is 0.490 e. The number of imide groups is 1. The SMILES string of the molecule is CCOc1cc(/C=C2/SC(=O)N(CCCc3ccccc3)C2=O)c(Br)cc1OCC(=O)Nc1ccc(F)cc1. The van der Waals surface area contributed by atoms with Gasteiger partial charge in [0.05, 0.1) is 11.5 Å². The molecular weight excluding hydrogens is 587 g/mol. The number of halogens is 2. The summed E-state index contributed by atoms with van der Waals surface area (Å²) in [5.41, 5.74) is 2.22. The Morgan fingerprint density at radius 3 is 2.49 bits per heavy atom. The molecule has 1 saturated heterocycles. The minimum Gasteiger partial charge on any atom is -0.490 e. The maximum Gasteiger partial charge on any atom is 0.293 e. The van der Waals surface area contributed by atoms with Crippen molar-refractivity contribution in [1.29, 1.82) is 0 Å². The van der Waals surface area contributed by atoms with Gasteiger partial charge in [0, 0.05) is 16.7 Å². The highest BCUT2D eigenvalue weighted by molar-refractivity contribution is 9.10. The second-order valence-corrected chi connectivity index (χ2v) is 10.4. The van der Waals surface area contributed by atoms with Crippen LogP contribution >= 0.6 is 27.7 Å². The van der Waals surface area contributed by atoms with Gasteiger partial charge in [0.1, 0.15) is 5.82 Å². The van der Waals surface area contributed by atoms with Crippen molar-refractivity contribution in [3.05, 3.63) is 93.1 Å². The Morgan fingerprint density at radius 2 is 1.77 bits per heavy atom. The number of carbonyl (C=O) groups is 3. The molecule has 1 aliphatic rings. The number of aryl methyl sites for hydroxylation is 1. The quantitative estimate of drug-likeness (QED) is 0.243. The standard InChI is InChI=1S/C29H26BrFN2O5S/c1-2-37-24-15-20(23(30)17-25(24)38-18-27(34)32-22-12-10-21(31)11-13-22)16-26-28(35)33(29(36)39-26)14-6-9-19-7-4-3-5-8-19/h3-5,7-8,10-13,15-17H,2,6,9,14,18H2,1H3,(H,32,34)/b26-16+. The molecule has 0 atom stereocenters. The molecule has 0 aliphatic carbocycles. The molecule has 1 heterocycles. The number of carbonyl (C=O) groups excluding carboxylic acids is 3. The second-order valence-electron chi connectivity index (χ2n) is 8.52. The maximum absolute atomic E-state index is 13.1. The van der Waals surface area contributed by atoms with E-state index in [1.54, 1.807) is 18.2 Å². The van der Waals surface area contributed by atoms with Crippen LogP contribution < -0.4 is 14.8 Å². The van der Waals surface area contributed by atoms with Crippen molar-refractivity contribution in [3.8, 4) is 11.5 Å². The lowest BCUT2D eigenvalue weighted by Gasteiger charge is -2.14. The first-order chi connectivity index (χ1) is 18.8. The van der Waals surface area contributed by atoms with Gasteiger partial charge in [-0.1, -0.05) is 46.3 Å². The number of nitrogens with zero attached hydrogens (tertiary/aromatic N) is 1. The molecule has 0 bridgehead atoms. The van der Waals surface area contributed by atoms with E-state index in [0.717, 1.165) is 23.7 Å². The molecule has 1 fully saturated rings. The number of amides is 3. The van der Waals surface area contributed by atoms with E-state index >= 15 is 0 Å². The number of nitrogens with one attached hydrogen (secondary N) is 1. The van der Waals surface area contributed by atoms with Gasteiger partial charge in [0.2, 0.25) is 0 Å². The lowest BCUT2D eigenvalue weighted by molar-refractivity contribution is -0.122. The Hall–Kier alpha value is -3.63. The van der Waals surface area contributed by atoms with E-state index in [1.165, 1.54) is 29.2 Å². The fourth-order valence-electron chi connectivity index (χ4n) is 3.84. The van der Waals surface area contributed by atoms with Gasteiger partial charge in [0.15, 0.2) is 18.1 Å². The van der Waals surface area contributed by atoms with Crippen LogP contribution in [0.1, 0.15) is 24.5 Å². The topological polar surface area (TPSA) is 84.9 Å². The van der Waals surface area contributed by atoms with Gasteiger partial charge in [-0.25, -0.2) is 4.39 Å². The van der Waals surface area contributed by atoms with E-state index < -0.39 is 11.7 Å². The molecule has 4 rings (SSSR count). The molecule has 10 heteroatoms. The molecule has 0 spiro atoms. The van der Waals surface area contributed by atoms with Crippen molar-refractivity contribution >= 4 is 56.5 Å². The number of benzene rings is 3. The van der Waals surface area contributed by atoms with Crippen LogP contribution in [0.3, 0.4) is 0 Å². The van der Waals surface area contributed by atoms with Crippen LogP contribution in [-0.2, 0) is 16.0 Å². The Bertz CT molecular complexity index is 1380. The highest BCUT2D eigenvalue weighted by Crippen LogP contribution is 2.38. The smallest absolute Gasteiger partial charge is 0.293 e. The average Bonchev–Trinajstić information content (AvgIpc) is 3.19. The fourth-order valence-corrected chi connectivity index (χ4v) is 5.13. The zero-order valence-electron chi connectivity index (χ0n) is 21.1. The lowest BCUT2D eigenvalue weighted by Crippen LogP contribution is -2.29. The summed E-state index contributed by atoms with van der Waals surface area (Å²) >= 11 is 4.39. The zero-order chi connectivity index (χ0) is 27.8. The molecule has 1 aliphatic heterocycles. The first-order valence-electron chi connectivity index (χ1n) is 12.3. The molecule has 39 heavy (non-hydrogen) atoms. The van der Waals surface area contributed by atoms with Crippen LogP contribution in [0.15, 0.2) is 76.1 Å². The predicted octanol–water partition coefficient (Wildman–Crippen LogP) is 6.67. The van der Waals surface area contributed by atoms with Gasteiger partial charge < -0.3 is 14.8 Å². The third kappa shape index (κ3) is 7.70. The molecular formula is C29H26BrFN2O5S. The molecule has 7 nitrogen and oxygen atoms in total. The van der Waals surface area contributed by atoms with Crippen molar-refractivity contribution in [3.63, 3.8) is 0 Å². The first kappa shape index (κ1) is 28.4. The van der Waals surface area contributed by atoms with Gasteiger partial charge in [-0.2, -0.15) is 0 Å². The summed E-state index contributed by atoms with van der Waals surface area (Å²) in [4.78, 5) is 39.4. The van der Waals surface area contributed by atoms with Crippen LogP contribution in [0.4, 0.5) is 14.9 Å². The Labute approximate surface area is 238 Å². The van der Waals surface area contributed by atoms with E-state index in [-0.39, 0.29) is 17.8 Å². The molecule has 3 aromatic rings. The van der Waals surface area contributed by atoms with E-state index in [2.05, 4.69) is 21.2 Å². The molecule has 1 N–H and O–H groups in total. The number of thioether (sulfide) groups is 1. The summed E-state index contributed by atoms with van der Waals surface area (Å²) in [5.74, 6) is -0.456. The van der Waals surface area contributed by atoms with Crippen LogP contribution in [0.2, 0.25) is 0 Å². The maximum atomic E-state index is 13.1. The van der Waals surface area contributed by atoms with Crippen LogP contribution in [0.25, 0.3) is 6.08 Å². The van der Waals surface area contributed by atoms with Crippen LogP contribution in [0.5, 0.6) is 11.5 Å². The van der Waals surface area contributed by atoms with Crippen LogP contribution in [-0.4, -0.2) is 41.7 Å². The van der Waals surface area contributed by atoms with Gasteiger partial charge in [0.25, 0.3) is 17.1 Å². The normalized spacial score (nSPS) is 14.1. The molecule has 202 valence electrons. The number of rotatable bonds is 11. The summed E-state index contributed by atoms with van der Waals surface area (Å²) in [6.07, 6.45) is 3.09. The minimum absolute atomic E-state index is 0.299. The minimum atomic E-state index is -0.426. The van der Waals surface area contributed by atoms with Gasteiger partial charge in [-0.15, -0.1) is 0 Å². The number of hydrogen-bond acceptors (Lipinski definition) is 6. The van der Waals surface area contributed by atoms with Gasteiger partial charge in [-0.3, -0.25) is 19.3 Å². The molecule has 0 radical (unpaired) electrons. The summed E-state index contributed by atoms with van der Waals surface area (Å²) in [7, 11) is 0. The van der Waals surface area contributed by atoms with E-state index in [9.17, 15) is 18.8 Å². The number of hydrogen-bond donors (Lipinski definition) is 1. The zero-order valence-corrected chi connectivity index (χ0v) is 23.5. The third-order valence-electron chi connectivity index (χ3n) is 5.70. The van der Waals surface area contributed by atoms with Crippen molar-refractivity contribution < 1.29 is 28.2 Å². The molecule has 0 saturated carbocycles. The van der Waals surface area contributed by atoms with E-state index in [4.69, 9.17) is 9.47 Å². The second kappa shape index (κ2) is 13.4. The summed E-state index contributed by atoms with van der Waals surface area (Å²) in [5, 5.41) is 2.33. The van der Waals surface area contributed by atoms with Crippen LogP contribution in [0, 0.1) is 5.82 Å². The first-order valence-corrected chi connectivity index (χ1v) is 13.9. The van der Waals surface area contributed by atoms with Crippen molar-refractivity contribution in [2.45, 2.75) is 19.8 Å². The Balaban J connectivity index is 1.42. The number of anilines is 1. The Morgan fingerprint density at radius 1 is 1.05 bits per heavy atom. The molecule has 0 unspecified atom stereocenters. The third-order valence-corrected chi connectivity index (χ3v) is 7.29.